The maximum atomic E-state index is 10.6. The normalized spacial score (nSPS) is 25.0. The number of fused-ring (bicyclic) bond motifs is 4. The second kappa shape index (κ2) is 10.1. The van der Waals surface area contributed by atoms with Gasteiger partial charge in [0.1, 0.15) is 5.75 Å². The van der Waals surface area contributed by atoms with E-state index in [0.29, 0.717) is 18.4 Å². The van der Waals surface area contributed by atoms with Crippen LogP contribution >= 0.6 is 24.8 Å². The van der Waals surface area contributed by atoms with E-state index in [2.05, 4.69) is 62.9 Å². The molecule has 0 saturated carbocycles. The lowest BCUT2D eigenvalue weighted by Gasteiger charge is -2.61. The summed E-state index contributed by atoms with van der Waals surface area (Å²) >= 11 is 0. The van der Waals surface area contributed by atoms with Crippen molar-refractivity contribution < 1.29 is 9.84 Å². The third-order valence-corrected chi connectivity index (χ3v) is 7.96. The van der Waals surface area contributed by atoms with Crippen LogP contribution in [-0.2, 0) is 23.2 Å². The van der Waals surface area contributed by atoms with Crippen LogP contribution in [-0.4, -0.2) is 35.2 Å². The van der Waals surface area contributed by atoms with E-state index in [9.17, 15) is 5.11 Å². The number of aromatic hydroxyl groups is 1. The highest BCUT2D eigenvalue weighted by molar-refractivity contribution is 5.85. The molecule has 31 heavy (non-hydrogen) atoms. The quantitative estimate of drug-likeness (QED) is 0.555. The van der Waals surface area contributed by atoms with Gasteiger partial charge in [0.05, 0.1) is 12.7 Å². The van der Waals surface area contributed by atoms with Gasteiger partial charge in [-0.1, -0.05) is 70.2 Å². The summed E-state index contributed by atoms with van der Waals surface area (Å²) in [5, 5.41) is 10.6. The molecule has 2 bridgehead atoms. The first-order chi connectivity index (χ1) is 13.9. The number of rotatable bonds is 6. The minimum atomic E-state index is 0. The van der Waals surface area contributed by atoms with E-state index >= 15 is 0 Å². The van der Waals surface area contributed by atoms with Crippen molar-refractivity contribution in [2.45, 2.75) is 71.1 Å². The summed E-state index contributed by atoms with van der Waals surface area (Å²) in [4.78, 5) is 2.64. The highest BCUT2D eigenvalue weighted by atomic mass is 35.5. The molecule has 1 aliphatic heterocycles. The van der Waals surface area contributed by atoms with Crippen LogP contribution in [0.25, 0.3) is 0 Å². The maximum absolute atomic E-state index is 10.6. The second-order valence-corrected chi connectivity index (χ2v) is 9.65. The third-order valence-electron chi connectivity index (χ3n) is 7.96. The van der Waals surface area contributed by atoms with Gasteiger partial charge in [0.2, 0.25) is 0 Å². The van der Waals surface area contributed by atoms with Gasteiger partial charge in [-0.05, 0) is 54.0 Å². The molecule has 2 aromatic rings. The van der Waals surface area contributed by atoms with Crippen LogP contribution in [0, 0.1) is 5.41 Å². The fourth-order valence-electron chi connectivity index (χ4n) is 5.60. The van der Waals surface area contributed by atoms with Gasteiger partial charge in [0.25, 0.3) is 0 Å². The molecule has 1 aliphatic carbocycles. The van der Waals surface area contributed by atoms with Crippen molar-refractivity contribution in [1.82, 2.24) is 4.90 Å². The van der Waals surface area contributed by atoms with Crippen LogP contribution < -0.4 is 0 Å². The van der Waals surface area contributed by atoms with Crippen molar-refractivity contribution in [3.63, 3.8) is 0 Å². The lowest BCUT2D eigenvalue weighted by molar-refractivity contribution is -0.0693. The Balaban J connectivity index is 0.00000171. The van der Waals surface area contributed by atoms with E-state index < -0.39 is 0 Å². The Morgan fingerprint density at radius 1 is 1.06 bits per heavy atom. The van der Waals surface area contributed by atoms with E-state index in [1.807, 2.05) is 18.2 Å². The molecular formula is C26H37Cl2NO2. The van der Waals surface area contributed by atoms with Crippen LogP contribution in [0.4, 0.5) is 0 Å². The van der Waals surface area contributed by atoms with E-state index in [4.69, 9.17) is 4.74 Å². The molecule has 172 valence electrons. The number of hydrogen-bond donors (Lipinski definition) is 1. The molecule has 4 rings (SSSR count). The van der Waals surface area contributed by atoms with E-state index in [-0.39, 0.29) is 41.7 Å². The van der Waals surface area contributed by atoms with E-state index in [1.54, 1.807) is 0 Å². The molecule has 2 aromatic carbocycles. The van der Waals surface area contributed by atoms with E-state index in [0.717, 1.165) is 37.9 Å². The van der Waals surface area contributed by atoms with Crippen molar-refractivity contribution in [2.24, 2.45) is 5.41 Å². The minimum Gasteiger partial charge on any atom is -0.508 e. The first-order valence-electron chi connectivity index (χ1n) is 11.1. The predicted molar refractivity (Wildman–Crippen MR) is 133 cm³/mol. The number of nitrogens with zero attached hydrogens (tertiary/aromatic N) is 1. The molecule has 2 aliphatic rings. The third kappa shape index (κ3) is 4.61. The molecule has 1 heterocycles. The monoisotopic (exact) mass is 465 g/mol. The molecule has 0 aromatic heterocycles. The zero-order valence-electron chi connectivity index (χ0n) is 19.1. The number of hydrogen-bond acceptors (Lipinski definition) is 3. The van der Waals surface area contributed by atoms with Crippen LogP contribution in [0.15, 0.2) is 48.5 Å². The Hall–Kier alpha value is -1.26. The van der Waals surface area contributed by atoms with Gasteiger partial charge in [0, 0.05) is 18.0 Å². The van der Waals surface area contributed by atoms with Gasteiger partial charge in [-0.2, -0.15) is 0 Å². The van der Waals surface area contributed by atoms with Gasteiger partial charge >= 0.3 is 0 Å². The van der Waals surface area contributed by atoms with Gasteiger partial charge < -0.3 is 9.84 Å². The van der Waals surface area contributed by atoms with Crippen LogP contribution in [0.1, 0.15) is 57.2 Å². The molecule has 3 atom stereocenters. The average molecular weight is 466 g/mol. The smallest absolute Gasteiger partial charge is 0.119 e. The van der Waals surface area contributed by atoms with Crippen molar-refractivity contribution in [3.05, 3.63) is 65.2 Å². The topological polar surface area (TPSA) is 32.7 Å². The summed E-state index contributed by atoms with van der Waals surface area (Å²) in [6.07, 6.45) is 3.26. The summed E-state index contributed by atoms with van der Waals surface area (Å²) in [5.74, 6) is 0.462. The fourth-order valence-corrected chi connectivity index (χ4v) is 5.60. The summed E-state index contributed by atoms with van der Waals surface area (Å²) in [6, 6.07) is 16.9. The number of benzene rings is 2. The van der Waals surface area contributed by atoms with Gasteiger partial charge in [0.15, 0.2) is 0 Å². The predicted octanol–water partition coefficient (Wildman–Crippen LogP) is 6.15. The first-order valence-corrected chi connectivity index (χ1v) is 11.1. The fraction of sp³-hybridized carbons (Fsp3) is 0.538. The maximum Gasteiger partial charge on any atom is 0.119 e. The molecule has 1 N–H and O–H groups in total. The number of phenols is 1. The van der Waals surface area contributed by atoms with Crippen LogP contribution in [0.5, 0.6) is 5.75 Å². The average Bonchev–Trinajstić information content (AvgIpc) is 2.71. The SMILES string of the molecule is CCC(CN1CCC2(C)c3cccc(O)c3CC1C2(C)C)OCc1ccccc1.Cl.Cl. The molecule has 0 spiro atoms. The zero-order valence-corrected chi connectivity index (χ0v) is 20.8. The molecule has 3 nitrogen and oxygen atoms in total. The standard InChI is InChI=1S/C26H35NO2.2ClH/c1-5-20(29-18-19-10-7-6-8-11-19)17-27-15-14-26(4)22-12-9-13-23(28)21(22)16-24(27)25(26,2)3;;/h6-13,20,24,28H,5,14-18H2,1-4H3;2*1H. The van der Waals surface area contributed by atoms with Gasteiger partial charge in [-0.25, -0.2) is 0 Å². The van der Waals surface area contributed by atoms with Crippen molar-refractivity contribution in [3.8, 4) is 5.75 Å². The number of halogens is 2. The second-order valence-electron chi connectivity index (χ2n) is 9.65. The molecule has 1 fully saturated rings. The van der Waals surface area contributed by atoms with Crippen LogP contribution in [0.2, 0.25) is 0 Å². The number of phenolic OH excluding ortho intramolecular Hbond substituents is 1. The molecular weight excluding hydrogens is 429 g/mol. The number of piperidine rings is 1. The molecule has 0 amide bonds. The number of likely N-dealkylation sites (tertiary alicyclic amines) is 1. The summed E-state index contributed by atoms with van der Waals surface area (Å²) < 4.78 is 6.31. The lowest BCUT2D eigenvalue weighted by atomic mass is 9.51. The highest BCUT2D eigenvalue weighted by Gasteiger charge is 2.56. The number of ether oxygens (including phenoxy) is 1. The van der Waals surface area contributed by atoms with Crippen molar-refractivity contribution in [1.29, 1.82) is 0 Å². The van der Waals surface area contributed by atoms with Crippen molar-refractivity contribution in [2.75, 3.05) is 13.1 Å². The Morgan fingerprint density at radius 2 is 1.77 bits per heavy atom. The summed E-state index contributed by atoms with van der Waals surface area (Å²) in [7, 11) is 0. The summed E-state index contributed by atoms with van der Waals surface area (Å²) in [5.41, 5.74) is 3.97. The Kier molecular flexibility index (Phi) is 8.49. The Labute approximate surface area is 200 Å². The molecule has 1 saturated heterocycles. The minimum absolute atomic E-state index is 0. The van der Waals surface area contributed by atoms with E-state index in [1.165, 1.54) is 11.1 Å². The Bertz CT molecular complexity index is 858. The summed E-state index contributed by atoms with van der Waals surface area (Å²) in [6.45, 7) is 12.2. The Morgan fingerprint density at radius 3 is 2.45 bits per heavy atom. The highest BCUT2D eigenvalue weighted by Crippen LogP contribution is 2.57. The molecule has 5 heteroatoms. The van der Waals surface area contributed by atoms with Crippen molar-refractivity contribution >= 4 is 24.8 Å². The lowest BCUT2D eigenvalue weighted by Crippen LogP contribution is -2.64. The zero-order chi connectivity index (χ0) is 20.6. The van der Waals surface area contributed by atoms with Crippen LogP contribution in [0.3, 0.4) is 0 Å². The first kappa shape index (κ1) is 26.0. The molecule has 3 unspecified atom stereocenters. The largest absolute Gasteiger partial charge is 0.508 e. The molecule has 0 radical (unpaired) electrons. The van der Waals surface area contributed by atoms with Gasteiger partial charge in [-0.3, -0.25) is 4.90 Å². The van der Waals surface area contributed by atoms with Gasteiger partial charge in [-0.15, -0.1) is 24.8 Å².